The van der Waals surface area contributed by atoms with E-state index in [9.17, 15) is 9.59 Å². The van der Waals surface area contributed by atoms with Gasteiger partial charge in [-0.1, -0.05) is 12.1 Å². The van der Waals surface area contributed by atoms with Crippen molar-refractivity contribution in [3.63, 3.8) is 0 Å². The summed E-state index contributed by atoms with van der Waals surface area (Å²) in [6.07, 6.45) is 0.870. The van der Waals surface area contributed by atoms with E-state index >= 15 is 0 Å². The summed E-state index contributed by atoms with van der Waals surface area (Å²) in [7, 11) is 0. The normalized spacial score (nSPS) is 16.0. The lowest BCUT2D eigenvalue weighted by molar-refractivity contribution is -0.126. The van der Waals surface area contributed by atoms with Crippen molar-refractivity contribution in [1.82, 2.24) is 14.8 Å². The summed E-state index contributed by atoms with van der Waals surface area (Å²) in [5.74, 6) is -0.771. The molecule has 2 aromatic heterocycles. The van der Waals surface area contributed by atoms with Gasteiger partial charge in [-0.3, -0.25) is 19.5 Å². The number of carbonyl (C=O) groups excluding carboxylic acids is 2. The maximum Gasteiger partial charge on any atom is 0.295 e. The number of aryl methyl sites for hydroxylation is 1. The second-order valence-corrected chi connectivity index (χ2v) is 6.95. The predicted octanol–water partition coefficient (Wildman–Crippen LogP) is 2.37. The van der Waals surface area contributed by atoms with Crippen LogP contribution in [0.5, 0.6) is 0 Å². The van der Waals surface area contributed by atoms with E-state index in [4.69, 9.17) is 0 Å². The smallest absolute Gasteiger partial charge is 0.295 e. The molecule has 1 saturated heterocycles. The molecule has 126 valence electrons. The first-order valence-electron chi connectivity index (χ1n) is 8.15. The molecule has 0 bridgehead atoms. The Morgan fingerprint density at radius 2 is 2.00 bits per heavy atom. The van der Waals surface area contributed by atoms with E-state index in [1.54, 1.807) is 17.0 Å². The molecule has 1 fully saturated rings. The van der Waals surface area contributed by atoms with E-state index in [1.807, 2.05) is 30.5 Å². The fraction of sp³-hybridized carbons (Fsp3) is 0.389. The molecule has 2 aromatic rings. The zero-order valence-electron chi connectivity index (χ0n) is 13.8. The van der Waals surface area contributed by atoms with Crippen LogP contribution in [0.15, 0.2) is 35.7 Å². The van der Waals surface area contributed by atoms with Crippen molar-refractivity contribution in [2.75, 3.05) is 26.2 Å². The highest BCUT2D eigenvalue weighted by Gasteiger charge is 2.26. The number of rotatable bonds is 4. The number of nitrogens with zero attached hydrogens (tertiary/aromatic N) is 3. The molecule has 24 heavy (non-hydrogen) atoms. The highest BCUT2D eigenvalue weighted by Crippen LogP contribution is 2.13. The molecule has 3 heterocycles. The van der Waals surface area contributed by atoms with E-state index < -0.39 is 0 Å². The van der Waals surface area contributed by atoms with Crippen LogP contribution in [-0.2, 0) is 11.3 Å². The Bertz CT molecular complexity index is 715. The lowest BCUT2D eigenvalue weighted by Gasteiger charge is -2.21. The third-order valence-electron chi connectivity index (χ3n) is 4.15. The van der Waals surface area contributed by atoms with Gasteiger partial charge in [0.2, 0.25) is 0 Å². The molecule has 3 rings (SSSR count). The first-order chi connectivity index (χ1) is 11.6. The maximum absolute atomic E-state index is 12.4. The van der Waals surface area contributed by atoms with Gasteiger partial charge in [-0.05, 0) is 36.9 Å². The Kier molecular flexibility index (Phi) is 5.37. The van der Waals surface area contributed by atoms with Crippen molar-refractivity contribution < 1.29 is 9.59 Å². The summed E-state index contributed by atoms with van der Waals surface area (Å²) in [5.41, 5.74) is 2.06. The molecule has 0 radical (unpaired) electrons. The number of Topliss-reactive ketones (excluding diaryl/α,β-unsaturated/α-hetero) is 1. The van der Waals surface area contributed by atoms with Crippen LogP contribution in [0.25, 0.3) is 0 Å². The zero-order chi connectivity index (χ0) is 16.9. The van der Waals surface area contributed by atoms with Crippen molar-refractivity contribution in [3.8, 4) is 0 Å². The predicted molar refractivity (Wildman–Crippen MR) is 94.1 cm³/mol. The van der Waals surface area contributed by atoms with Crippen molar-refractivity contribution >= 4 is 23.0 Å². The molecular weight excluding hydrogens is 322 g/mol. The van der Waals surface area contributed by atoms with Gasteiger partial charge in [0.25, 0.3) is 11.7 Å². The quantitative estimate of drug-likeness (QED) is 0.632. The van der Waals surface area contributed by atoms with E-state index in [2.05, 4.69) is 9.88 Å². The van der Waals surface area contributed by atoms with Crippen LogP contribution in [0.2, 0.25) is 0 Å². The lowest BCUT2D eigenvalue weighted by atomic mass is 10.2. The number of amides is 1. The van der Waals surface area contributed by atoms with Crippen molar-refractivity contribution in [2.24, 2.45) is 0 Å². The summed E-state index contributed by atoms with van der Waals surface area (Å²) < 4.78 is 0. The molecule has 0 saturated carbocycles. The first-order valence-corrected chi connectivity index (χ1v) is 9.03. The molecule has 0 aromatic carbocycles. The monoisotopic (exact) mass is 343 g/mol. The number of ketones is 1. The molecule has 6 heteroatoms. The number of carbonyl (C=O) groups is 2. The SMILES string of the molecule is Cc1cccc(CN2CCCN(C(=O)C(=O)c3cccs3)CC2)n1. The number of hydrogen-bond donors (Lipinski definition) is 0. The van der Waals surface area contributed by atoms with Crippen molar-refractivity contribution in [2.45, 2.75) is 19.9 Å². The van der Waals surface area contributed by atoms with E-state index in [0.29, 0.717) is 18.0 Å². The van der Waals surface area contributed by atoms with Gasteiger partial charge in [-0.2, -0.15) is 0 Å². The third kappa shape index (κ3) is 4.07. The molecule has 0 atom stereocenters. The Morgan fingerprint density at radius 3 is 2.75 bits per heavy atom. The second kappa shape index (κ2) is 7.68. The van der Waals surface area contributed by atoms with Crippen LogP contribution in [0.3, 0.4) is 0 Å². The molecule has 5 nitrogen and oxygen atoms in total. The van der Waals surface area contributed by atoms with Crippen LogP contribution in [-0.4, -0.2) is 52.7 Å². The number of thiophene rings is 1. The maximum atomic E-state index is 12.4. The van der Waals surface area contributed by atoms with Crippen molar-refractivity contribution in [1.29, 1.82) is 0 Å². The molecule has 1 aliphatic rings. The first kappa shape index (κ1) is 16.8. The zero-order valence-corrected chi connectivity index (χ0v) is 14.6. The van der Waals surface area contributed by atoms with Gasteiger partial charge in [-0.15, -0.1) is 11.3 Å². The van der Waals surface area contributed by atoms with Gasteiger partial charge in [0, 0.05) is 38.4 Å². The number of pyridine rings is 1. The number of hydrogen-bond acceptors (Lipinski definition) is 5. The lowest BCUT2D eigenvalue weighted by Crippen LogP contribution is -2.39. The minimum Gasteiger partial charge on any atom is -0.334 e. The summed E-state index contributed by atoms with van der Waals surface area (Å²) >= 11 is 1.32. The molecule has 0 N–H and O–H groups in total. The Morgan fingerprint density at radius 1 is 1.12 bits per heavy atom. The molecule has 1 aliphatic heterocycles. The second-order valence-electron chi connectivity index (χ2n) is 6.00. The Labute approximate surface area is 145 Å². The Balaban J connectivity index is 1.58. The minimum atomic E-state index is -0.390. The van der Waals surface area contributed by atoms with E-state index in [-0.39, 0.29) is 11.7 Å². The van der Waals surface area contributed by atoms with E-state index in [0.717, 1.165) is 37.4 Å². The molecule has 1 amide bonds. The molecule has 0 spiro atoms. The fourth-order valence-electron chi connectivity index (χ4n) is 2.91. The largest absolute Gasteiger partial charge is 0.334 e. The van der Waals surface area contributed by atoms with Crippen LogP contribution in [0.4, 0.5) is 0 Å². The van der Waals surface area contributed by atoms with Crippen molar-refractivity contribution in [3.05, 3.63) is 52.0 Å². The average Bonchev–Trinajstić information content (AvgIpc) is 3.01. The van der Waals surface area contributed by atoms with E-state index in [1.165, 1.54) is 11.3 Å². The van der Waals surface area contributed by atoms with Gasteiger partial charge in [0.05, 0.1) is 10.6 Å². The average molecular weight is 343 g/mol. The topological polar surface area (TPSA) is 53.5 Å². The minimum absolute atomic E-state index is 0.381. The van der Waals surface area contributed by atoms with Crippen LogP contribution < -0.4 is 0 Å². The summed E-state index contributed by atoms with van der Waals surface area (Å²) in [6, 6.07) is 9.54. The molecular formula is C18H21N3O2S. The fourth-order valence-corrected chi connectivity index (χ4v) is 3.56. The third-order valence-corrected chi connectivity index (χ3v) is 5.02. The molecule has 0 unspecified atom stereocenters. The van der Waals surface area contributed by atoms with Crippen LogP contribution >= 0.6 is 11.3 Å². The summed E-state index contributed by atoms with van der Waals surface area (Å²) in [5, 5.41) is 1.82. The van der Waals surface area contributed by atoms with Gasteiger partial charge in [-0.25, -0.2) is 0 Å². The standard InChI is InChI=1S/C18H21N3O2S/c1-14-5-2-6-15(19-14)13-20-8-4-9-21(11-10-20)18(23)17(22)16-7-3-12-24-16/h2-3,5-7,12H,4,8-11,13H2,1H3. The van der Waals surface area contributed by atoms with Gasteiger partial charge in [0.1, 0.15) is 0 Å². The summed E-state index contributed by atoms with van der Waals surface area (Å²) in [6.45, 7) is 5.66. The Hall–Kier alpha value is -2.05. The highest BCUT2D eigenvalue weighted by atomic mass is 32.1. The van der Waals surface area contributed by atoms with Gasteiger partial charge >= 0.3 is 0 Å². The van der Waals surface area contributed by atoms with Crippen LogP contribution in [0.1, 0.15) is 27.5 Å². The van der Waals surface area contributed by atoms with Gasteiger partial charge < -0.3 is 4.90 Å². The van der Waals surface area contributed by atoms with Crippen LogP contribution in [0, 0.1) is 6.92 Å². The highest BCUT2D eigenvalue weighted by molar-refractivity contribution is 7.12. The van der Waals surface area contributed by atoms with Gasteiger partial charge in [0.15, 0.2) is 0 Å². The summed E-state index contributed by atoms with van der Waals surface area (Å²) in [4.78, 5) is 33.7. The number of aromatic nitrogens is 1. The molecule has 0 aliphatic carbocycles.